The molecule has 7 heteroatoms. The van der Waals surface area contributed by atoms with Crippen LogP contribution in [0.5, 0.6) is 0 Å². The number of anilines is 1. The summed E-state index contributed by atoms with van der Waals surface area (Å²) in [5, 5.41) is 2.67. The molecule has 2 amide bonds. The number of amides is 2. The molecule has 0 aliphatic carbocycles. The van der Waals surface area contributed by atoms with Crippen molar-refractivity contribution in [1.82, 2.24) is 4.90 Å². The summed E-state index contributed by atoms with van der Waals surface area (Å²) in [7, 11) is 0. The van der Waals surface area contributed by atoms with Crippen molar-refractivity contribution in [2.45, 2.75) is 0 Å². The summed E-state index contributed by atoms with van der Waals surface area (Å²) in [5.74, 6) is 0.0531. The lowest BCUT2D eigenvalue weighted by Gasteiger charge is -2.14. The van der Waals surface area contributed by atoms with Crippen molar-refractivity contribution < 1.29 is 14.0 Å². The van der Waals surface area contributed by atoms with E-state index < -0.39 is 5.82 Å². The van der Waals surface area contributed by atoms with E-state index in [0.717, 1.165) is 6.07 Å². The average Bonchev–Trinajstić information content (AvgIpc) is 2.69. The molecule has 2 rings (SSSR count). The summed E-state index contributed by atoms with van der Waals surface area (Å²) in [5.41, 5.74) is 0.336. The van der Waals surface area contributed by atoms with E-state index in [4.69, 9.17) is 11.6 Å². The first kappa shape index (κ1) is 13.2. The van der Waals surface area contributed by atoms with Gasteiger partial charge < -0.3 is 10.2 Å². The van der Waals surface area contributed by atoms with E-state index in [2.05, 4.69) is 5.32 Å². The molecule has 0 unspecified atom stereocenters. The van der Waals surface area contributed by atoms with E-state index in [0.29, 0.717) is 17.3 Å². The van der Waals surface area contributed by atoms with Crippen LogP contribution in [-0.4, -0.2) is 34.9 Å². The topological polar surface area (TPSA) is 49.4 Å². The van der Waals surface area contributed by atoms with Gasteiger partial charge in [0.1, 0.15) is 12.4 Å². The summed E-state index contributed by atoms with van der Waals surface area (Å²) in [6.07, 6.45) is 0. The highest BCUT2D eigenvalue weighted by molar-refractivity contribution is 8.00. The van der Waals surface area contributed by atoms with Gasteiger partial charge in [-0.2, -0.15) is 0 Å². The van der Waals surface area contributed by atoms with E-state index in [9.17, 15) is 14.0 Å². The minimum atomic E-state index is -0.468. The van der Waals surface area contributed by atoms with Crippen LogP contribution in [0.3, 0.4) is 0 Å². The Kier molecular flexibility index (Phi) is 4.08. The number of rotatable bonds is 3. The monoisotopic (exact) mass is 288 g/mol. The molecule has 1 aliphatic rings. The van der Waals surface area contributed by atoms with E-state index >= 15 is 0 Å². The van der Waals surface area contributed by atoms with E-state index in [-0.39, 0.29) is 23.4 Å². The minimum absolute atomic E-state index is 0.0143. The van der Waals surface area contributed by atoms with Gasteiger partial charge in [0.2, 0.25) is 11.8 Å². The van der Waals surface area contributed by atoms with Crippen LogP contribution in [0, 0.1) is 5.82 Å². The molecule has 1 aliphatic heterocycles. The Balaban J connectivity index is 1.96. The molecular formula is C11H10ClFN2O2S. The van der Waals surface area contributed by atoms with Gasteiger partial charge in [0.05, 0.1) is 22.3 Å². The van der Waals surface area contributed by atoms with Gasteiger partial charge in [-0.25, -0.2) is 4.39 Å². The third-order valence-electron chi connectivity index (χ3n) is 2.37. The molecule has 1 aromatic carbocycles. The number of carbonyl (C=O) groups excluding carboxylic acids is 2. The lowest BCUT2D eigenvalue weighted by atomic mass is 10.3. The quantitative estimate of drug-likeness (QED) is 0.925. The van der Waals surface area contributed by atoms with Gasteiger partial charge in [-0.3, -0.25) is 9.59 Å². The molecule has 0 radical (unpaired) electrons. The first-order chi connectivity index (χ1) is 8.56. The van der Waals surface area contributed by atoms with Crippen LogP contribution < -0.4 is 5.32 Å². The largest absolute Gasteiger partial charge is 0.323 e. The predicted molar refractivity (Wildman–Crippen MR) is 69.1 cm³/mol. The Morgan fingerprint density at radius 1 is 1.56 bits per heavy atom. The second-order valence-electron chi connectivity index (χ2n) is 3.74. The number of halogens is 2. The predicted octanol–water partition coefficient (Wildman–Crippen LogP) is 1.95. The Hall–Kier alpha value is -1.27. The standard InChI is InChI=1S/C11H10ClFN2O2S/c12-8-3-7(13)1-2-9(8)14-10(16)4-15-6-18-5-11(15)17/h1-3H,4-6H2,(H,14,16). The highest BCUT2D eigenvalue weighted by Gasteiger charge is 2.23. The highest BCUT2D eigenvalue weighted by atomic mass is 35.5. The summed E-state index contributed by atoms with van der Waals surface area (Å²) in [4.78, 5) is 24.5. The summed E-state index contributed by atoms with van der Waals surface area (Å²) in [6, 6.07) is 3.71. The maximum atomic E-state index is 12.8. The first-order valence-electron chi connectivity index (χ1n) is 5.16. The van der Waals surface area contributed by atoms with Gasteiger partial charge in [-0.15, -0.1) is 11.8 Å². The molecule has 96 valence electrons. The van der Waals surface area contributed by atoms with Crippen LogP contribution in [0.25, 0.3) is 0 Å². The molecule has 0 atom stereocenters. The molecule has 0 saturated carbocycles. The average molecular weight is 289 g/mol. The molecule has 0 spiro atoms. The Morgan fingerprint density at radius 2 is 2.33 bits per heavy atom. The SMILES string of the molecule is O=C(CN1CSCC1=O)Nc1ccc(F)cc1Cl. The van der Waals surface area contributed by atoms with Crippen molar-refractivity contribution in [3.05, 3.63) is 29.0 Å². The summed E-state index contributed by atoms with van der Waals surface area (Å²) in [6.45, 7) is -0.0143. The fraction of sp³-hybridized carbons (Fsp3) is 0.273. The molecule has 1 saturated heterocycles. The van der Waals surface area contributed by atoms with E-state index in [1.165, 1.54) is 28.8 Å². The van der Waals surface area contributed by atoms with Crippen LogP contribution in [0.15, 0.2) is 18.2 Å². The van der Waals surface area contributed by atoms with Crippen LogP contribution in [-0.2, 0) is 9.59 Å². The number of benzene rings is 1. The lowest BCUT2D eigenvalue weighted by molar-refractivity contribution is -0.130. The van der Waals surface area contributed by atoms with Crippen molar-refractivity contribution in [3.63, 3.8) is 0 Å². The highest BCUT2D eigenvalue weighted by Crippen LogP contribution is 2.22. The second kappa shape index (κ2) is 5.58. The molecule has 1 fully saturated rings. The number of thioether (sulfide) groups is 1. The molecule has 0 aromatic heterocycles. The first-order valence-corrected chi connectivity index (χ1v) is 6.70. The third kappa shape index (κ3) is 3.14. The fourth-order valence-corrected chi connectivity index (χ4v) is 2.61. The van der Waals surface area contributed by atoms with Crippen molar-refractivity contribution in [2.75, 3.05) is 23.5 Å². The van der Waals surface area contributed by atoms with Gasteiger partial charge >= 0.3 is 0 Å². The summed E-state index contributed by atoms with van der Waals surface area (Å²) < 4.78 is 12.8. The Labute approximate surface area is 112 Å². The van der Waals surface area contributed by atoms with Crippen molar-refractivity contribution in [2.24, 2.45) is 0 Å². The normalized spacial score (nSPS) is 15.0. The van der Waals surface area contributed by atoms with Gasteiger partial charge in [0.15, 0.2) is 0 Å². The third-order valence-corrected chi connectivity index (χ3v) is 3.62. The summed E-state index contributed by atoms with van der Waals surface area (Å²) >= 11 is 7.24. The fourth-order valence-electron chi connectivity index (χ4n) is 1.49. The number of nitrogens with one attached hydrogen (secondary N) is 1. The van der Waals surface area contributed by atoms with Gasteiger partial charge in [0.25, 0.3) is 0 Å². The molecule has 18 heavy (non-hydrogen) atoms. The maximum absolute atomic E-state index is 12.8. The van der Waals surface area contributed by atoms with Gasteiger partial charge in [-0.05, 0) is 18.2 Å². The minimum Gasteiger partial charge on any atom is -0.323 e. The Bertz CT molecular complexity index is 498. The number of nitrogens with zero attached hydrogens (tertiary/aromatic N) is 1. The molecule has 1 aromatic rings. The van der Waals surface area contributed by atoms with Crippen molar-refractivity contribution in [1.29, 1.82) is 0 Å². The van der Waals surface area contributed by atoms with Crippen LogP contribution in [0.2, 0.25) is 5.02 Å². The lowest BCUT2D eigenvalue weighted by Crippen LogP contribution is -2.34. The second-order valence-corrected chi connectivity index (χ2v) is 5.10. The maximum Gasteiger partial charge on any atom is 0.244 e. The van der Waals surface area contributed by atoms with E-state index in [1.54, 1.807) is 0 Å². The molecule has 0 bridgehead atoms. The number of hydrogen-bond donors (Lipinski definition) is 1. The molecule has 4 nitrogen and oxygen atoms in total. The van der Waals surface area contributed by atoms with Crippen LogP contribution >= 0.6 is 23.4 Å². The zero-order chi connectivity index (χ0) is 13.1. The van der Waals surface area contributed by atoms with Crippen LogP contribution in [0.4, 0.5) is 10.1 Å². The molecule has 1 heterocycles. The van der Waals surface area contributed by atoms with Gasteiger partial charge in [-0.1, -0.05) is 11.6 Å². The smallest absolute Gasteiger partial charge is 0.244 e. The molecule has 1 N–H and O–H groups in total. The van der Waals surface area contributed by atoms with Crippen molar-refractivity contribution in [3.8, 4) is 0 Å². The van der Waals surface area contributed by atoms with E-state index in [1.807, 2.05) is 0 Å². The number of hydrogen-bond acceptors (Lipinski definition) is 3. The number of carbonyl (C=O) groups is 2. The Morgan fingerprint density at radius 3 is 2.94 bits per heavy atom. The van der Waals surface area contributed by atoms with Crippen molar-refractivity contribution >= 4 is 40.9 Å². The zero-order valence-corrected chi connectivity index (χ0v) is 10.9. The van der Waals surface area contributed by atoms with Crippen LogP contribution in [0.1, 0.15) is 0 Å². The molecular weight excluding hydrogens is 279 g/mol. The van der Waals surface area contributed by atoms with Gasteiger partial charge in [0, 0.05) is 0 Å². The zero-order valence-electron chi connectivity index (χ0n) is 9.28.